The van der Waals surface area contributed by atoms with Crippen LogP contribution in [-0.4, -0.2) is 27.6 Å². The van der Waals surface area contributed by atoms with E-state index in [1.54, 1.807) is 23.7 Å². The van der Waals surface area contributed by atoms with E-state index in [9.17, 15) is 4.79 Å². The van der Waals surface area contributed by atoms with Crippen LogP contribution in [0, 0.1) is 0 Å². The van der Waals surface area contributed by atoms with E-state index in [0.717, 1.165) is 5.56 Å². The maximum Gasteiger partial charge on any atom is 0.361 e. The van der Waals surface area contributed by atoms with Crippen LogP contribution in [0.1, 0.15) is 38.2 Å². The van der Waals surface area contributed by atoms with Crippen molar-refractivity contribution in [1.29, 1.82) is 0 Å². The Bertz CT molecular complexity index is 639. The van der Waals surface area contributed by atoms with E-state index in [1.165, 1.54) is 0 Å². The first-order valence-electron chi connectivity index (χ1n) is 6.83. The zero-order valence-corrected chi connectivity index (χ0v) is 12.8. The molecule has 0 aliphatic rings. The Hall–Kier alpha value is -2.37. The minimum absolute atomic E-state index is 0.219. The van der Waals surface area contributed by atoms with Gasteiger partial charge in [-0.3, -0.25) is 0 Å². The topological polar surface area (TPSA) is 83.0 Å². The monoisotopic (exact) mass is 288 g/mol. The van der Waals surface area contributed by atoms with Gasteiger partial charge in [-0.15, -0.1) is 5.10 Å². The fourth-order valence-electron chi connectivity index (χ4n) is 1.99. The molecule has 1 aromatic carbocycles. The number of hydrogen-bond donors (Lipinski definition) is 1. The lowest BCUT2D eigenvalue weighted by Crippen LogP contribution is -2.24. The molecule has 0 radical (unpaired) electrons. The van der Waals surface area contributed by atoms with Crippen molar-refractivity contribution in [3.63, 3.8) is 0 Å². The molecule has 0 unspecified atom stereocenters. The standard InChI is InChI=1S/C15H20N4O2/c1-5-21-14(20)12-13(10-6-8-11(16)9-7-10)19(18-17-12)15(2,3)4/h6-9H,5,16H2,1-4H3. The highest BCUT2D eigenvalue weighted by atomic mass is 16.5. The van der Waals surface area contributed by atoms with Gasteiger partial charge in [-0.05, 0) is 39.8 Å². The van der Waals surface area contributed by atoms with E-state index >= 15 is 0 Å². The first-order valence-corrected chi connectivity index (χ1v) is 6.83. The van der Waals surface area contributed by atoms with Crippen LogP contribution < -0.4 is 5.73 Å². The van der Waals surface area contributed by atoms with Gasteiger partial charge in [-0.1, -0.05) is 17.3 Å². The summed E-state index contributed by atoms with van der Waals surface area (Å²) < 4.78 is 6.79. The molecule has 0 amide bonds. The molecule has 2 aromatic rings. The number of carbonyl (C=O) groups excluding carboxylic acids is 1. The number of anilines is 1. The summed E-state index contributed by atoms with van der Waals surface area (Å²) in [6, 6.07) is 7.26. The van der Waals surface area contributed by atoms with E-state index in [2.05, 4.69) is 10.3 Å². The molecule has 0 saturated carbocycles. The zero-order valence-electron chi connectivity index (χ0n) is 12.8. The van der Waals surface area contributed by atoms with Crippen molar-refractivity contribution >= 4 is 11.7 Å². The molecule has 1 heterocycles. The lowest BCUT2D eigenvalue weighted by atomic mass is 10.0. The Kier molecular flexibility index (Phi) is 3.97. The van der Waals surface area contributed by atoms with Crippen LogP contribution in [-0.2, 0) is 10.3 Å². The third-order valence-electron chi connectivity index (χ3n) is 2.96. The van der Waals surface area contributed by atoms with E-state index < -0.39 is 5.97 Å². The Labute approximate surface area is 123 Å². The Balaban J connectivity index is 2.61. The van der Waals surface area contributed by atoms with E-state index in [0.29, 0.717) is 18.0 Å². The average molecular weight is 288 g/mol. The number of carbonyl (C=O) groups is 1. The normalized spacial score (nSPS) is 11.4. The summed E-state index contributed by atoms with van der Waals surface area (Å²) in [6.45, 7) is 8.05. The second-order valence-corrected chi connectivity index (χ2v) is 5.71. The smallest absolute Gasteiger partial charge is 0.361 e. The summed E-state index contributed by atoms with van der Waals surface area (Å²) in [7, 11) is 0. The summed E-state index contributed by atoms with van der Waals surface area (Å²) in [4.78, 5) is 12.1. The first kappa shape index (κ1) is 15.0. The number of rotatable bonds is 3. The fourth-order valence-corrected chi connectivity index (χ4v) is 1.99. The van der Waals surface area contributed by atoms with Gasteiger partial charge < -0.3 is 10.5 Å². The highest BCUT2D eigenvalue weighted by Gasteiger charge is 2.27. The molecule has 0 atom stereocenters. The molecule has 2 rings (SSSR count). The molecule has 6 nitrogen and oxygen atoms in total. The van der Waals surface area contributed by atoms with E-state index in [1.807, 2.05) is 32.9 Å². The van der Waals surface area contributed by atoms with Gasteiger partial charge >= 0.3 is 5.97 Å². The van der Waals surface area contributed by atoms with Crippen molar-refractivity contribution in [1.82, 2.24) is 15.0 Å². The summed E-state index contributed by atoms with van der Waals surface area (Å²) in [6.07, 6.45) is 0. The molecule has 0 spiro atoms. The zero-order chi connectivity index (χ0) is 15.6. The number of ether oxygens (including phenoxy) is 1. The van der Waals surface area contributed by atoms with Crippen LogP contribution in [0.2, 0.25) is 0 Å². The van der Waals surface area contributed by atoms with Crippen LogP contribution >= 0.6 is 0 Å². The molecule has 2 N–H and O–H groups in total. The molecule has 21 heavy (non-hydrogen) atoms. The average Bonchev–Trinajstić information content (AvgIpc) is 2.84. The van der Waals surface area contributed by atoms with Gasteiger partial charge in [0.05, 0.1) is 12.1 Å². The summed E-state index contributed by atoms with van der Waals surface area (Å²) in [5.41, 5.74) is 7.75. The van der Waals surface area contributed by atoms with Crippen molar-refractivity contribution in [2.45, 2.75) is 33.2 Å². The summed E-state index contributed by atoms with van der Waals surface area (Å²) in [5, 5.41) is 8.13. The van der Waals surface area contributed by atoms with Crippen LogP contribution in [0.15, 0.2) is 24.3 Å². The van der Waals surface area contributed by atoms with Crippen molar-refractivity contribution in [3.05, 3.63) is 30.0 Å². The molecule has 0 bridgehead atoms. The lowest BCUT2D eigenvalue weighted by Gasteiger charge is -2.21. The minimum Gasteiger partial charge on any atom is -0.461 e. The number of esters is 1. The van der Waals surface area contributed by atoms with Crippen LogP contribution in [0.25, 0.3) is 11.3 Å². The molecule has 0 fully saturated rings. The quantitative estimate of drug-likeness (QED) is 0.693. The predicted molar refractivity (Wildman–Crippen MR) is 80.8 cm³/mol. The third kappa shape index (κ3) is 3.04. The fraction of sp³-hybridized carbons (Fsp3) is 0.400. The second kappa shape index (κ2) is 5.55. The van der Waals surface area contributed by atoms with Crippen molar-refractivity contribution in [2.75, 3.05) is 12.3 Å². The molecule has 1 aromatic heterocycles. The van der Waals surface area contributed by atoms with E-state index in [4.69, 9.17) is 10.5 Å². The SMILES string of the molecule is CCOC(=O)c1nnn(C(C)(C)C)c1-c1ccc(N)cc1. The van der Waals surface area contributed by atoms with Gasteiger partial charge in [0, 0.05) is 11.3 Å². The molecular formula is C15H20N4O2. The molecule has 0 aliphatic carbocycles. The Morgan fingerprint density at radius 2 is 1.90 bits per heavy atom. The maximum absolute atomic E-state index is 12.1. The predicted octanol–water partition coefficient (Wildman–Crippen LogP) is 2.46. The lowest BCUT2D eigenvalue weighted by molar-refractivity contribution is 0.0520. The van der Waals surface area contributed by atoms with E-state index in [-0.39, 0.29) is 11.2 Å². The molecule has 6 heteroatoms. The van der Waals surface area contributed by atoms with Gasteiger partial charge in [0.25, 0.3) is 0 Å². The third-order valence-corrected chi connectivity index (χ3v) is 2.96. The van der Waals surface area contributed by atoms with Gasteiger partial charge in [-0.2, -0.15) is 0 Å². The Morgan fingerprint density at radius 3 is 2.43 bits per heavy atom. The van der Waals surface area contributed by atoms with Crippen molar-refractivity contribution in [2.24, 2.45) is 0 Å². The van der Waals surface area contributed by atoms with Crippen molar-refractivity contribution in [3.8, 4) is 11.3 Å². The minimum atomic E-state index is -0.472. The second-order valence-electron chi connectivity index (χ2n) is 5.71. The largest absolute Gasteiger partial charge is 0.461 e. The number of aromatic nitrogens is 3. The highest BCUT2D eigenvalue weighted by Crippen LogP contribution is 2.28. The Morgan fingerprint density at radius 1 is 1.29 bits per heavy atom. The van der Waals surface area contributed by atoms with Crippen LogP contribution in [0.3, 0.4) is 0 Å². The number of nitrogens with two attached hydrogens (primary N) is 1. The molecule has 0 aliphatic heterocycles. The number of benzene rings is 1. The first-order chi connectivity index (χ1) is 9.84. The maximum atomic E-state index is 12.1. The van der Waals surface area contributed by atoms with Gasteiger partial charge in [0.2, 0.25) is 0 Å². The molecular weight excluding hydrogens is 268 g/mol. The number of hydrogen-bond acceptors (Lipinski definition) is 5. The molecule has 0 saturated heterocycles. The summed E-state index contributed by atoms with van der Waals surface area (Å²) >= 11 is 0. The van der Waals surface area contributed by atoms with Gasteiger partial charge in [-0.25, -0.2) is 9.48 Å². The van der Waals surface area contributed by atoms with Crippen LogP contribution in [0.4, 0.5) is 5.69 Å². The van der Waals surface area contributed by atoms with Gasteiger partial charge in [0.15, 0.2) is 5.69 Å². The highest BCUT2D eigenvalue weighted by molar-refractivity contribution is 5.94. The van der Waals surface area contributed by atoms with Crippen LogP contribution in [0.5, 0.6) is 0 Å². The van der Waals surface area contributed by atoms with Crippen molar-refractivity contribution < 1.29 is 9.53 Å². The number of nitrogen functional groups attached to an aromatic ring is 1. The summed E-state index contributed by atoms with van der Waals surface area (Å²) in [5.74, 6) is -0.472. The molecule has 112 valence electrons. The van der Waals surface area contributed by atoms with Gasteiger partial charge in [0.1, 0.15) is 5.69 Å². The number of nitrogens with zero attached hydrogens (tertiary/aromatic N) is 3.